The SMILES string of the molecule is CO[C@H](CN1CCC[C@@H](n2cnc(C(N)=O)n2)C1)c1ccccc1. The Hall–Kier alpha value is -2.25. The van der Waals surface area contributed by atoms with Crippen LogP contribution in [-0.2, 0) is 4.74 Å². The van der Waals surface area contributed by atoms with Crippen LogP contribution in [0.15, 0.2) is 36.7 Å². The zero-order valence-corrected chi connectivity index (χ0v) is 13.8. The van der Waals surface area contributed by atoms with Gasteiger partial charge in [0.05, 0.1) is 12.1 Å². The lowest BCUT2D eigenvalue weighted by molar-refractivity contribution is 0.0474. The number of amides is 1. The molecular weight excluding hydrogens is 306 g/mol. The maximum atomic E-state index is 11.2. The molecule has 0 bridgehead atoms. The Morgan fingerprint density at radius 3 is 2.88 bits per heavy atom. The molecule has 1 aromatic carbocycles. The molecule has 2 heterocycles. The van der Waals surface area contributed by atoms with E-state index >= 15 is 0 Å². The third-order valence-electron chi connectivity index (χ3n) is 4.46. The number of carbonyl (C=O) groups is 1. The second kappa shape index (κ2) is 7.55. The van der Waals surface area contributed by atoms with E-state index in [9.17, 15) is 4.79 Å². The van der Waals surface area contributed by atoms with E-state index in [4.69, 9.17) is 10.5 Å². The van der Waals surface area contributed by atoms with Crippen molar-refractivity contribution >= 4 is 5.91 Å². The number of carbonyl (C=O) groups excluding carboxylic acids is 1. The van der Waals surface area contributed by atoms with Crippen molar-refractivity contribution < 1.29 is 9.53 Å². The average molecular weight is 329 g/mol. The highest BCUT2D eigenvalue weighted by Crippen LogP contribution is 2.24. The molecule has 0 radical (unpaired) electrons. The zero-order valence-electron chi connectivity index (χ0n) is 13.8. The minimum atomic E-state index is -0.593. The van der Waals surface area contributed by atoms with Gasteiger partial charge < -0.3 is 10.5 Å². The van der Waals surface area contributed by atoms with Crippen LogP contribution < -0.4 is 5.73 Å². The maximum absolute atomic E-state index is 11.2. The third-order valence-corrected chi connectivity index (χ3v) is 4.46. The summed E-state index contributed by atoms with van der Waals surface area (Å²) in [5.74, 6) is -0.517. The Kier molecular flexibility index (Phi) is 5.22. The second-order valence-corrected chi connectivity index (χ2v) is 6.10. The van der Waals surface area contributed by atoms with Crippen molar-refractivity contribution in [2.24, 2.45) is 5.73 Å². The predicted molar refractivity (Wildman–Crippen MR) is 89.4 cm³/mol. The van der Waals surface area contributed by atoms with Gasteiger partial charge in [-0.05, 0) is 24.9 Å². The average Bonchev–Trinajstić information content (AvgIpc) is 3.11. The van der Waals surface area contributed by atoms with E-state index in [0.717, 1.165) is 32.5 Å². The molecule has 1 saturated heterocycles. The first-order chi connectivity index (χ1) is 11.7. The first kappa shape index (κ1) is 16.6. The molecule has 1 aliphatic rings. The Bertz CT molecular complexity index is 673. The summed E-state index contributed by atoms with van der Waals surface area (Å²) in [4.78, 5) is 17.5. The Morgan fingerprint density at radius 2 is 2.21 bits per heavy atom. The van der Waals surface area contributed by atoms with Gasteiger partial charge in [-0.2, -0.15) is 0 Å². The molecule has 24 heavy (non-hydrogen) atoms. The van der Waals surface area contributed by atoms with Crippen molar-refractivity contribution in [1.29, 1.82) is 0 Å². The van der Waals surface area contributed by atoms with Crippen molar-refractivity contribution in [3.8, 4) is 0 Å². The molecule has 7 nitrogen and oxygen atoms in total. The molecule has 1 aromatic heterocycles. The highest BCUT2D eigenvalue weighted by molar-refractivity contribution is 5.88. The highest BCUT2D eigenvalue weighted by Gasteiger charge is 2.25. The van der Waals surface area contributed by atoms with Crippen LogP contribution in [0.5, 0.6) is 0 Å². The van der Waals surface area contributed by atoms with Gasteiger partial charge in [-0.15, -0.1) is 5.10 Å². The van der Waals surface area contributed by atoms with Crippen LogP contribution in [0.4, 0.5) is 0 Å². The lowest BCUT2D eigenvalue weighted by Gasteiger charge is -2.34. The van der Waals surface area contributed by atoms with Crippen molar-refractivity contribution in [3.05, 3.63) is 48.0 Å². The molecule has 0 aliphatic carbocycles. The fourth-order valence-electron chi connectivity index (χ4n) is 3.19. The molecule has 7 heteroatoms. The van der Waals surface area contributed by atoms with Gasteiger partial charge in [0.1, 0.15) is 6.33 Å². The number of rotatable bonds is 6. The molecule has 3 rings (SSSR count). The van der Waals surface area contributed by atoms with E-state index in [1.165, 1.54) is 5.56 Å². The number of nitrogens with two attached hydrogens (primary N) is 1. The minimum absolute atomic E-state index is 0.0434. The number of hydrogen-bond donors (Lipinski definition) is 1. The van der Waals surface area contributed by atoms with E-state index in [2.05, 4.69) is 27.1 Å². The molecule has 2 atom stereocenters. The zero-order chi connectivity index (χ0) is 16.9. The van der Waals surface area contributed by atoms with Gasteiger partial charge in [-0.25, -0.2) is 9.67 Å². The first-order valence-electron chi connectivity index (χ1n) is 8.18. The topological polar surface area (TPSA) is 86.3 Å². The van der Waals surface area contributed by atoms with Gasteiger partial charge in [0.2, 0.25) is 5.82 Å². The molecular formula is C17H23N5O2. The molecule has 0 saturated carbocycles. The molecule has 2 N–H and O–H groups in total. The van der Waals surface area contributed by atoms with Crippen LogP contribution in [0.1, 0.15) is 41.2 Å². The normalized spacial score (nSPS) is 20.0. The molecule has 1 amide bonds. The standard InChI is InChI=1S/C17H23N5O2/c1-24-15(13-6-3-2-4-7-13)11-21-9-5-8-14(10-21)22-12-19-17(20-22)16(18)23/h2-4,6-7,12,14-15H,5,8-11H2,1H3,(H2,18,23)/t14-,15-/m1/s1. The van der Waals surface area contributed by atoms with E-state index in [1.54, 1.807) is 18.1 Å². The van der Waals surface area contributed by atoms with E-state index < -0.39 is 5.91 Å². The molecule has 1 fully saturated rings. The number of piperidine rings is 1. The summed E-state index contributed by atoms with van der Waals surface area (Å²) in [6, 6.07) is 10.4. The van der Waals surface area contributed by atoms with Gasteiger partial charge in [0.15, 0.2) is 0 Å². The summed E-state index contributed by atoms with van der Waals surface area (Å²) in [7, 11) is 1.75. The lowest BCUT2D eigenvalue weighted by atomic mass is 10.0. The van der Waals surface area contributed by atoms with Gasteiger partial charge in [0, 0.05) is 20.2 Å². The largest absolute Gasteiger partial charge is 0.375 e. The molecule has 0 spiro atoms. The molecule has 2 aromatic rings. The summed E-state index contributed by atoms with van der Waals surface area (Å²) in [5.41, 5.74) is 6.41. The fourth-order valence-corrected chi connectivity index (χ4v) is 3.19. The second-order valence-electron chi connectivity index (χ2n) is 6.10. The number of likely N-dealkylation sites (tertiary alicyclic amines) is 1. The predicted octanol–water partition coefficient (Wildman–Crippen LogP) is 1.40. The van der Waals surface area contributed by atoms with Crippen molar-refractivity contribution in [1.82, 2.24) is 19.7 Å². The van der Waals surface area contributed by atoms with Crippen LogP contribution in [0, 0.1) is 0 Å². The van der Waals surface area contributed by atoms with Crippen molar-refractivity contribution in [3.63, 3.8) is 0 Å². The first-order valence-corrected chi connectivity index (χ1v) is 8.18. The van der Waals surface area contributed by atoms with Crippen LogP contribution >= 0.6 is 0 Å². The van der Waals surface area contributed by atoms with Crippen molar-refractivity contribution in [2.75, 3.05) is 26.7 Å². The van der Waals surface area contributed by atoms with Gasteiger partial charge in [-0.3, -0.25) is 9.69 Å². The number of aromatic nitrogens is 3. The molecule has 1 aliphatic heterocycles. The van der Waals surface area contributed by atoms with Crippen molar-refractivity contribution in [2.45, 2.75) is 25.0 Å². The monoisotopic (exact) mass is 329 g/mol. The quantitative estimate of drug-likeness (QED) is 0.866. The van der Waals surface area contributed by atoms with Crippen LogP contribution in [0.25, 0.3) is 0 Å². The van der Waals surface area contributed by atoms with E-state index in [1.807, 2.05) is 18.2 Å². The van der Waals surface area contributed by atoms with Gasteiger partial charge in [0.25, 0.3) is 5.91 Å². The summed E-state index contributed by atoms with van der Waals surface area (Å²) in [6.45, 7) is 2.71. The van der Waals surface area contributed by atoms with E-state index in [0.29, 0.717) is 0 Å². The van der Waals surface area contributed by atoms with Crippen LogP contribution in [-0.4, -0.2) is 52.3 Å². The number of nitrogens with zero attached hydrogens (tertiary/aromatic N) is 4. The minimum Gasteiger partial charge on any atom is -0.375 e. The summed E-state index contributed by atoms with van der Waals surface area (Å²) < 4.78 is 7.44. The molecule has 128 valence electrons. The number of primary amides is 1. The summed E-state index contributed by atoms with van der Waals surface area (Å²) in [6.07, 6.45) is 3.73. The van der Waals surface area contributed by atoms with Gasteiger partial charge >= 0.3 is 0 Å². The lowest BCUT2D eigenvalue weighted by Crippen LogP contribution is -2.39. The summed E-state index contributed by atoms with van der Waals surface area (Å²) >= 11 is 0. The van der Waals surface area contributed by atoms with Gasteiger partial charge in [-0.1, -0.05) is 30.3 Å². The molecule has 0 unspecified atom stereocenters. The number of hydrogen-bond acceptors (Lipinski definition) is 5. The van der Waals surface area contributed by atoms with Crippen LogP contribution in [0.2, 0.25) is 0 Å². The fraction of sp³-hybridized carbons (Fsp3) is 0.471. The number of methoxy groups -OCH3 is 1. The maximum Gasteiger partial charge on any atom is 0.288 e. The Labute approximate surface area is 141 Å². The summed E-state index contributed by atoms with van der Waals surface area (Å²) in [5, 5.41) is 4.20. The van der Waals surface area contributed by atoms with Crippen LogP contribution in [0.3, 0.4) is 0 Å². The smallest absolute Gasteiger partial charge is 0.288 e. The Morgan fingerprint density at radius 1 is 1.42 bits per heavy atom. The van der Waals surface area contributed by atoms with E-state index in [-0.39, 0.29) is 18.0 Å². The highest BCUT2D eigenvalue weighted by atomic mass is 16.5. The number of benzene rings is 1. The third kappa shape index (κ3) is 3.80. The number of ether oxygens (including phenoxy) is 1. The Balaban J connectivity index is 1.65.